The minimum absolute atomic E-state index is 0.106. The lowest BCUT2D eigenvalue weighted by molar-refractivity contribution is 0.194. The minimum atomic E-state index is -0.106. The van der Waals surface area contributed by atoms with Crippen LogP contribution in [0.3, 0.4) is 0 Å². The number of nitriles is 1. The van der Waals surface area contributed by atoms with Crippen LogP contribution in [-0.4, -0.2) is 47.3 Å². The highest BCUT2D eigenvalue weighted by atomic mass is 16.2. The van der Waals surface area contributed by atoms with Crippen molar-refractivity contribution in [2.24, 2.45) is 0 Å². The van der Waals surface area contributed by atoms with Crippen molar-refractivity contribution in [1.29, 1.82) is 5.26 Å². The number of piperidine rings is 1. The number of hydrogen-bond acceptors (Lipinski definition) is 5. The first-order chi connectivity index (χ1) is 12.2. The number of aromatic nitrogens is 2. The van der Waals surface area contributed by atoms with Gasteiger partial charge < -0.3 is 15.1 Å². The maximum Gasteiger partial charge on any atom is 0.321 e. The second-order valence-corrected chi connectivity index (χ2v) is 6.03. The predicted octanol–water partition coefficient (Wildman–Crippen LogP) is 2.48. The van der Waals surface area contributed by atoms with E-state index in [1.54, 1.807) is 30.5 Å². The van der Waals surface area contributed by atoms with Crippen molar-refractivity contribution in [3.05, 3.63) is 48.2 Å². The van der Waals surface area contributed by atoms with Crippen molar-refractivity contribution in [3.8, 4) is 6.07 Å². The lowest BCUT2D eigenvalue weighted by atomic mass is 10.0. The summed E-state index contributed by atoms with van der Waals surface area (Å²) in [5.74, 6) is 0.850. The molecule has 1 aromatic heterocycles. The van der Waals surface area contributed by atoms with Crippen molar-refractivity contribution in [1.82, 2.24) is 15.1 Å². The fourth-order valence-corrected chi connectivity index (χ4v) is 2.96. The van der Waals surface area contributed by atoms with Crippen LogP contribution in [0, 0.1) is 11.3 Å². The molecule has 1 saturated heterocycles. The first-order valence-electron chi connectivity index (χ1n) is 8.24. The number of likely N-dealkylation sites (tertiary alicyclic amines) is 1. The van der Waals surface area contributed by atoms with Gasteiger partial charge in [0.1, 0.15) is 0 Å². The summed E-state index contributed by atoms with van der Waals surface area (Å²) in [6, 6.07) is 13.0. The Bertz CT molecular complexity index is 747. The van der Waals surface area contributed by atoms with E-state index in [1.807, 2.05) is 24.1 Å². The molecule has 1 fully saturated rings. The summed E-state index contributed by atoms with van der Waals surface area (Å²) < 4.78 is 0. The third-order valence-corrected chi connectivity index (χ3v) is 4.48. The fourth-order valence-electron chi connectivity index (χ4n) is 2.96. The van der Waals surface area contributed by atoms with E-state index in [0.717, 1.165) is 18.7 Å². The molecule has 128 valence electrons. The van der Waals surface area contributed by atoms with Gasteiger partial charge in [-0.1, -0.05) is 0 Å². The van der Waals surface area contributed by atoms with Crippen molar-refractivity contribution >= 4 is 17.5 Å². The molecule has 1 aromatic carbocycles. The Kier molecular flexibility index (Phi) is 5.09. The van der Waals surface area contributed by atoms with Crippen LogP contribution in [0.5, 0.6) is 0 Å². The summed E-state index contributed by atoms with van der Waals surface area (Å²) in [5.41, 5.74) is 1.27. The molecular formula is C18H20N6O. The summed E-state index contributed by atoms with van der Waals surface area (Å²) in [6.45, 7) is 1.38. The van der Waals surface area contributed by atoms with Gasteiger partial charge in [0.15, 0.2) is 5.82 Å². The highest BCUT2D eigenvalue weighted by molar-refractivity contribution is 5.89. The second-order valence-electron chi connectivity index (χ2n) is 6.03. The number of carbonyl (C=O) groups is 1. The van der Waals surface area contributed by atoms with Crippen molar-refractivity contribution in [2.45, 2.75) is 18.9 Å². The van der Waals surface area contributed by atoms with Gasteiger partial charge in [0.2, 0.25) is 0 Å². The van der Waals surface area contributed by atoms with Crippen LogP contribution < -0.4 is 10.2 Å². The van der Waals surface area contributed by atoms with E-state index in [1.165, 1.54) is 0 Å². The number of nitrogens with one attached hydrogen (secondary N) is 1. The zero-order valence-electron chi connectivity index (χ0n) is 14.1. The van der Waals surface area contributed by atoms with Crippen molar-refractivity contribution in [2.75, 3.05) is 30.4 Å². The standard InChI is InChI=1S/C18H20N6O/c1-23(17-3-2-10-20-22-17)16-8-11-24(12-9-16)18(25)21-15-6-4-14(13-19)5-7-15/h2-7,10,16H,8-9,11-12H2,1H3,(H,21,25). The Balaban J connectivity index is 1.53. The van der Waals surface area contributed by atoms with Gasteiger partial charge in [-0.25, -0.2) is 4.79 Å². The molecule has 7 nitrogen and oxygen atoms in total. The van der Waals surface area contributed by atoms with E-state index in [0.29, 0.717) is 30.4 Å². The van der Waals surface area contributed by atoms with E-state index < -0.39 is 0 Å². The SMILES string of the molecule is CN(c1cccnn1)C1CCN(C(=O)Nc2ccc(C#N)cc2)CC1. The van der Waals surface area contributed by atoms with Gasteiger partial charge >= 0.3 is 6.03 Å². The van der Waals surface area contributed by atoms with Gasteiger partial charge in [-0.15, -0.1) is 5.10 Å². The summed E-state index contributed by atoms with van der Waals surface area (Å²) in [7, 11) is 2.02. The minimum Gasteiger partial charge on any atom is -0.355 e. The number of anilines is 2. The highest BCUT2D eigenvalue weighted by Crippen LogP contribution is 2.20. The van der Waals surface area contributed by atoms with Gasteiger partial charge in [-0.05, 0) is 49.2 Å². The Labute approximate surface area is 146 Å². The third-order valence-electron chi connectivity index (χ3n) is 4.48. The number of carbonyl (C=O) groups excluding carboxylic acids is 1. The first-order valence-corrected chi connectivity index (χ1v) is 8.24. The topological polar surface area (TPSA) is 85.2 Å². The number of hydrogen-bond donors (Lipinski definition) is 1. The highest BCUT2D eigenvalue weighted by Gasteiger charge is 2.26. The molecule has 0 radical (unpaired) electrons. The number of amides is 2. The molecule has 0 atom stereocenters. The van der Waals surface area contributed by atoms with Gasteiger partial charge in [0.05, 0.1) is 11.6 Å². The van der Waals surface area contributed by atoms with Crippen LogP contribution in [0.2, 0.25) is 0 Å². The Morgan fingerprint density at radius 1 is 1.28 bits per heavy atom. The second kappa shape index (κ2) is 7.62. The van der Waals surface area contributed by atoms with E-state index in [9.17, 15) is 4.79 Å². The van der Waals surface area contributed by atoms with Crippen molar-refractivity contribution in [3.63, 3.8) is 0 Å². The Hall–Kier alpha value is -3.14. The molecule has 0 aliphatic carbocycles. The van der Waals surface area contributed by atoms with E-state index in [2.05, 4.69) is 26.5 Å². The van der Waals surface area contributed by atoms with Gasteiger partial charge in [0, 0.05) is 38.1 Å². The zero-order valence-corrected chi connectivity index (χ0v) is 14.1. The lowest BCUT2D eigenvalue weighted by Gasteiger charge is -2.37. The van der Waals surface area contributed by atoms with Crippen molar-refractivity contribution < 1.29 is 4.79 Å². The molecule has 25 heavy (non-hydrogen) atoms. The molecule has 2 heterocycles. The molecule has 0 spiro atoms. The largest absolute Gasteiger partial charge is 0.355 e. The molecular weight excluding hydrogens is 316 g/mol. The number of rotatable bonds is 3. The quantitative estimate of drug-likeness (QED) is 0.931. The third kappa shape index (κ3) is 4.04. The molecule has 1 aliphatic rings. The maximum atomic E-state index is 12.4. The van der Waals surface area contributed by atoms with Gasteiger partial charge in [-0.2, -0.15) is 10.4 Å². The molecule has 0 saturated carbocycles. The Morgan fingerprint density at radius 2 is 2.00 bits per heavy atom. The zero-order chi connectivity index (χ0) is 17.6. The summed E-state index contributed by atoms with van der Waals surface area (Å²) in [4.78, 5) is 16.3. The van der Waals surface area contributed by atoms with Crippen LogP contribution in [-0.2, 0) is 0 Å². The van der Waals surface area contributed by atoms with E-state index in [4.69, 9.17) is 5.26 Å². The Morgan fingerprint density at radius 3 is 2.60 bits per heavy atom. The predicted molar refractivity (Wildman–Crippen MR) is 95.2 cm³/mol. The molecule has 1 N–H and O–H groups in total. The maximum absolute atomic E-state index is 12.4. The number of urea groups is 1. The van der Waals surface area contributed by atoms with Crippen LogP contribution in [0.1, 0.15) is 18.4 Å². The molecule has 7 heteroatoms. The van der Waals surface area contributed by atoms with Crippen LogP contribution in [0.15, 0.2) is 42.6 Å². The molecule has 2 aromatic rings. The molecule has 1 aliphatic heterocycles. The normalized spacial score (nSPS) is 14.6. The smallest absolute Gasteiger partial charge is 0.321 e. The van der Waals surface area contributed by atoms with Gasteiger partial charge in [0.25, 0.3) is 0 Å². The van der Waals surface area contributed by atoms with Gasteiger partial charge in [-0.3, -0.25) is 0 Å². The average molecular weight is 336 g/mol. The average Bonchev–Trinajstić information content (AvgIpc) is 2.69. The molecule has 2 amide bonds. The summed E-state index contributed by atoms with van der Waals surface area (Å²) >= 11 is 0. The van der Waals surface area contributed by atoms with E-state index >= 15 is 0 Å². The molecule has 0 unspecified atom stereocenters. The number of nitrogens with zero attached hydrogens (tertiary/aromatic N) is 5. The monoisotopic (exact) mass is 336 g/mol. The summed E-state index contributed by atoms with van der Waals surface area (Å²) in [6.07, 6.45) is 3.43. The van der Waals surface area contributed by atoms with Crippen LogP contribution >= 0.6 is 0 Å². The summed E-state index contributed by atoms with van der Waals surface area (Å²) in [5, 5.41) is 19.7. The first kappa shape index (κ1) is 16.7. The lowest BCUT2D eigenvalue weighted by Crippen LogP contribution is -2.47. The number of benzene rings is 1. The molecule has 0 bridgehead atoms. The fraction of sp³-hybridized carbons (Fsp3) is 0.333. The van der Waals surface area contributed by atoms with E-state index in [-0.39, 0.29) is 6.03 Å². The molecule has 3 rings (SSSR count). The van der Waals surface area contributed by atoms with Crippen LogP contribution in [0.25, 0.3) is 0 Å². The van der Waals surface area contributed by atoms with Crippen LogP contribution in [0.4, 0.5) is 16.3 Å².